The number of benzene rings is 3. The minimum absolute atomic E-state index is 0.0323. The predicted octanol–water partition coefficient (Wildman–Crippen LogP) is 7.04. The maximum Gasteiger partial charge on any atom is 0.270 e. The lowest BCUT2D eigenvalue weighted by Gasteiger charge is -2.14. The molecular weight excluding hydrogens is 547 g/mol. The van der Waals surface area contributed by atoms with Gasteiger partial charge in [0.05, 0.1) is 12.0 Å². The standard InChI is InChI=1S/C24H15BrCl2N2O5/c1-33-22-9-16(7-17(12-28)24(30)14-3-2-4-19(8-14)29(31)32)20(25)11-23(22)34-13-15-5-6-18(26)10-21(15)27/h2-11H,13H2,1H3. The maximum atomic E-state index is 12.8. The Hall–Kier alpha value is -3.38. The van der Waals surface area contributed by atoms with Gasteiger partial charge in [0.15, 0.2) is 11.5 Å². The van der Waals surface area contributed by atoms with E-state index >= 15 is 0 Å². The molecule has 0 fully saturated rings. The molecule has 3 aromatic rings. The smallest absolute Gasteiger partial charge is 0.270 e. The second-order valence-electron chi connectivity index (χ2n) is 6.86. The van der Waals surface area contributed by atoms with E-state index in [1.165, 1.54) is 31.4 Å². The van der Waals surface area contributed by atoms with Gasteiger partial charge in [-0.3, -0.25) is 14.9 Å². The normalized spacial score (nSPS) is 11.0. The molecule has 172 valence electrons. The number of ketones is 1. The number of allylic oxidation sites excluding steroid dienone is 1. The van der Waals surface area contributed by atoms with Crippen molar-refractivity contribution in [2.75, 3.05) is 7.11 Å². The summed E-state index contributed by atoms with van der Waals surface area (Å²) < 4.78 is 11.8. The first-order chi connectivity index (χ1) is 16.2. The molecule has 7 nitrogen and oxygen atoms in total. The molecule has 0 atom stereocenters. The summed E-state index contributed by atoms with van der Waals surface area (Å²) in [5.41, 5.74) is 0.787. The number of carbonyl (C=O) groups is 1. The van der Waals surface area contributed by atoms with E-state index in [0.717, 1.165) is 11.6 Å². The number of hydrogen-bond donors (Lipinski definition) is 0. The molecule has 0 aliphatic rings. The summed E-state index contributed by atoms with van der Waals surface area (Å²) in [7, 11) is 1.46. The van der Waals surface area contributed by atoms with Crippen LogP contribution in [-0.4, -0.2) is 17.8 Å². The average Bonchev–Trinajstić information content (AvgIpc) is 2.82. The number of nitro benzene ring substituents is 1. The molecule has 0 radical (unpaired) electrons. The van der Waals surface area contributed by atoms with Gasteiger partial charge in [-0.05, 0) is 35.9 Å². The van der Waals surface area contributed by atoms with Gasteiger partial charge in [-0.15, -0.1) is 0 Å². The second kappa shape index (κ2) is 11.2. The van der Waals surface area contributed by atoms with Gasteiger partial charge >= 0.3 is 0 Å². The fourth-order valence-electron chi connectivity index (χ4n) is 2.95. The lowest BCUT2D eigenvalue weighted by Crippen LogP contribution is -2.03. The van der Waals surface area contributed by atoms with E-state index in [4.69, 9.17) is 32.7 Å². The fourth-order valence-corrected chi connectivity index (χ4v) is 3.85. The van der Waals surface area contributed by atoms with Crippen LogP contribution in [0.3, 0.4) is 0 Å². The van der Waals surface area contributed by atoms with Crippen LogP contribution in [0.25, 0.3) is 6.08 Å². The van der Waals surface area contributed by atoms with Crippen LogP contribution in [0.5, 0.6) is 11.5 Å². The number of nitrogens with zero attached hydrogens (tertiary/aromatic N) is 2. The van der Waals surface area contributed by atoms with E-state index in [9.17, 15) is 20.2 Å². The van der Waals surface area contributed by atoms with Gasteiger partial charge in [0, 0.05) is 37.8 Å². The second-order valence-corrected chi connectivity index (χ2v) is 8.55. The summed E-state index contributed by atoms with van der Waals surface area (Å²) >= 11 is 15.5. The Balaban J connectivity index is 1.90. The van der Waals surface area contributed by atoms with Gasteiger partial charge in [-0.25, -0.2) is 0 Å². The summed E-state index contributed by atoms with van der Waals surface area (Å²) in [6.45, 7) is 0.155. The summed E-state index contributed by atoms with van der Waals surface area (Å²) in [4.78, 5) is 23.2. The third-order valence-corrected chi connectivity index (χ3v) is 5.94. The molecule has 34 heavy (non-hydrogen) atoms. The Bertz CT molecular complexity index is 1350. The number of Topliss-reactive ketones (excluding diaryl/α,β-unsaturated/α-hetero) is 1. The van der Waals surface area contributed by atoms with E-state index < -0.39 is 10.7 Å². The maximum absolute atomic E-state index is 12.8. The van der Waals surface area contributed by atoms with Gasteiger partial charge in [0.1, 0.15) is 18.2 Å². The van der Waals surface area contributed by atoms with Crippen molar-refractivity contribution in [3.8, 4) is 17.6 Å². The van der Waals surface area contributed by atoms with Gasteiger partial charge in [0.25, 0.3) is 5.69 Å². The van der Waals surface area contributed by atoms with Crippen LogP contribution in [0, 0.1) is 21.4 Å². The number of hydrogen-bond acceptors (Lipinski definition) is 6. The molecule has 0 spiro atoms. The number of rotatable bonds is 8. The quantitative estimate of drug-likeness (QED) is 0.0960. The molecule has 0 aliphatic heterocycles. The van der Waals surface area contributed by atoms with Crippen molar-refractivity contribution in [1.82, 2.24) is 0 Å². The molecule has 0 amide bonds. The van der Waals surface area contributed by atoms with Crippen molar-refractivity contribution in [2.24, 2.45) is 0 Å². The molecule has 0 aromatic heterocycles. The fraction of sp³-hybridized carbons (Fsp3) is 0.0833. The van der Waals surface area contributed by atoms with Crippen LogP contribution >= 0.6 is 39.1 Å². The molecule has 0 saturated carbocycles. The zero-order chi connectivity index (χ0) is 24.8. The van der Waals surface area contributed by atoms with Gasteiger partial charge < -0.3 is 9.47 Å². The lowest BCUT2D eigenvalue weighted by molar-refractivity contribution is -0.384. The number of carbonyl (C=O) groups excluding carboxylic acids is 1. The van der Waals surface area contributed by atoms with Crippen LogP contribution in [0.4, 0.5) is 5.69 Å². The number of ether oxygens (including phenoxy) is 2. The Morgan fingerprint density at radius 2 is 1.94 bits per heavy atom. The molecule has 0 N–H and O–H groups in total. The third kappa shape index (κ3) is 5.94. The molecule has 0 aliphatic carbocycles. The van der Waals surface area contributed by atoms with Crippen LogP contribution in [0.2, 0.25) is 10.0 Å². The Morgan fingerprint density at radius 1 is 1.18 bits per heavy atom. The largest absolute Gasteiger partial charge is 0.493 e. The Morgan fingerprint density at radius 3 is 2.59 bits per heavy atom. The summed E-state index contributed by atoms with van der Waals surface area (Å²) in [6.07, 6.45) is 1.37. The number of non-ortho nitro benzene ring substituents is 1. The predicted molar refractivity (Wildman–Crippen MR) is 133 cm³/mol. The molecule has 3 rings (SSSR count). The molecule has 0 heterocycles. The zero-order valence-electron chi connectivity index (χ0n) is 17.6. The first kappa shape index (κ1) is 25.2. The monoisotopic (exact) mass is 560 g/mol. The molecule has 10 heteroatoms. The minimum atomic E-state index is -0.644. The first-order valence-electron chi connectivity index (χ1n) is 9.58. The van der Waals surface area contributed by atoms with Gasteiger partial charge in [0.2, 0.25) is 5.78 Å². The van der Waals surface area contributed by atoms with E-state index in [1.54, 1.807) is 30.3 Å². The van der Waals surface area contributed by atoms with Crippen LogP contribution in [-0.2, 0) is 6.61 Å². The van der Waals surface area contributed by atoms with Crippen molar-refractivity contribution in [3.05, 3.63) is 101 Å². The average molecular weight is 562 g/mol. The highest BCUT2D eigenvalue weighted by Gasteiger charge is 2.17. The highest BCUT2D eigenvalue weighted by Crippen LogP contribution is 2.36. The number of halogens is 3. The minimum Gasteiger partial charge on any atom is -0.493 e. The summed E-state index contributed by atoms with van der Waals surface area (Å²) in [6, 6.07) is 15.4. The number of nitro groups is 1. The van der Waals surface area contributed by atoms with Crippen molar-refractivity contribution in [3.63, 3.8) is 0 Å². The van der Waals surface area contributed by atoms with Crippen molar-refractivity contribution in [2.45, 2.75) is 6.61 Å². The number of nitriles is 1. The van der Waals surface area contributed by atoms with Gasteiger partial charge in [-0.1, -0.05) is 57.3 Å². The van der Waals surface area contributed by atoms with Crippen molar-refractivity contribution < 1.29 is 19.2 Å². The highest BCUT2D eigenvalue weighted by atomic mass is 79.9. The SMILES string of the molecule is COc1cc(C=C(C#N)C(=O)c2cccc([N+](=O)[O-])c2)c(Br)cc1OCc1ccc(Cl)cc1Cl. The van der Waals surface area contributed by atoms with Crippen LogP contribution in [0.15, 0.2) is 64.6 Å². The van der Waals surface area contributed by atoms with E-state index in [-0.39, 0.29) is 23.4 Å². The molecular formula is C24H15BrCl2N2O5. The van der Waals surface area contributed by atoms with Crippen LogP contribution in [0.1, 0.15) is 21.5 Å². The van der Waals surface area contributed by atoms with Gasteiger partial charge in [-0.2, -0.15) is 5.26 Å². The summed E-state index contributed by atoms with van der Waals surface area (Å²) in [5.74, 6) is 0.121. The third-order valence-electron chi connectivity index (χ3n) is 4.67. The molecule has 0 bridgehead atoms. The topological polar surface area (TPSA) is 102 Å². The lowest BCUT2D eigenvalue weighted by atomic mass is 10.0. The van der Waals surface area contributed by atoms with Crippen molar-refractivity contribution >= 4 is 56.7 Å². The van der Waals surface area contributed by atoms with Crippen LogP contribution < -0.4 is 9.47 Å². The molecule has 0 saturated heterocycles. The zero-order valence-corrected chi connectivity index (χ0v) is 20.6. The number of methoxy groups -OCH3 is 1. The first-order valence-corrected chi connectivity index (χ1v) is 11.1. The Kier molecular flexibility index (Phi) is 8.29. The van der Waals surface area contributed by atoms with E-state index in [0.29, 0.717) is 31.6 Å². The van der Waals surface area contributed by atoms with Crippen molar-refractivity contribution in [1.29, 1.82) is 5.26 Å². The highest BCUT2D eigenvalue weighted by molar-refractivity contribution is 9.10. The Labute approximate surface area is 213 Å². The van der Waals surface area contributed by atoms with E-state index in [2.05, 4.69) is 15.9 Å². The summed E-state index contributed by atoms with van der Waals surface area (Å²) in [5, 5.41) is 21.5. The molecule has 3 aromatic carbocycles. The molecule has 0 unspecified atom stereocenters. The van der Waals surface area contributed by atoms with E-state index in [1.807, 2.05) is 6.07 Å².